The summed E-state index contributed by atoms with van der Waals surface area (Å²) in [5.41, 5.74) is 2.40. The number of carbonyl (C=O) groups excluding carboxylic acids is 1. The van der Waals surface area contributed by atoms with Gasteiger partial charge in [0.25, 0.3) is 0 Å². The standard InChI is InChI=1S/C20H22N2O3/c1-13(20(23)22-9-5-6-10-22)21-16-12-18-15(11-19(16)24-2)14-7-3-4-8-17(14)25-18/h3-4,7-8,11-13,21H,5-6,9-10H2,1-2H3/t13-/m1/s1. The van der Waals surface area contributed by atoms with E-state index in [2.05, 4.69) is 5.32 Å². The van der Waals surface area contributed by atoms with Gasteiger partial charge in [0.2, 0.25) is 5.91 Å². The van der Waals surface area contributed by atoms with E-state index in [4.69, 9.17) is 9.15 Å². The summed E-state index contributed by atoms with van der Waals surface area (Å²) < 4.78 is 11.5. The van der Waals surface area contributed by atoms with E-state index in [1.807, 2.05) is 48.2 Å². The Morgan fingerprint density at radius 2 is 1.92 bits per heavy atom. The van der Waals surface area contributed by atoms with E-state index in [1.165, 1.54) is 0 Å². The number of likely N-dealkylation sites (tertiary alicyclic amines) is 1. The second kappa shape index (κ2) is 6.31. The van der Waals surface area contributed by atoms with Gasteiger partial charge in [0.05, 0.1) is 12.8 Å². The maximum atomic E-state index is 12.6. The van der Waals surface area contributed by atoms with Crippen LogP contribution >= 0.6 is 0 Å². The number of ether oxygens (including phenoxy) is 1. The van der Waals surface area contributed by atoms with Crippen LogP contribution in [0.4, 0.5) is 5.69 Å². The number of rotatable bonds is 4. The minimum absolute atomic E-state index is 0.129. The summed E-state index contributed by atoms with van der Waals surface area (Å²) in [5.74, 6) is 0.837. The van der Waals surface area contributed by atoms with Crippen LogP contribution in [-0.4, -0.2) is 37.0 Å². The van der Waals surface area contributed by atoms with E-state index in [0.717, 1.165) is 53.6 Å². The molecule has 0 saturated carbocycles. The number of methoxy groups -OCH3 is 1. The number of furan rings is 1. The molecule has 1 aromatic heterocycles. The number of anilines is 1. The third-order valence-electron chi connectivity index (χ3n) is 4.86. The molecule has 130 valence electrons. The van der Waals surface area contributed by atoms with Crippen molar-refractivity contribution in [2.75, 3.05) is 25.5 Å². The molecule has 1 aliphatic heterocycles. The van der Waals surface area contributed by atoms with Crippen molar-refractivity contribution in [3.63, 3.8) is 0 Å². The molecule has 0 bridgehead atoms. The summed E-state index contributed by atoms with van der Waals surface area (Å²) >= 11 is 0. The summed E-state index contributed by atoms with van der Waals surface area (Å²) in [6, 6.07) is 11.5. The predicted octanol–water partition coefficient (Wildman–Crippen LogP) is 4.02. The van der Waals surface area contributed by atoms with Crippen molar-refractivity contribution in [2.24, 2.45) is 0 Å². The van der Waals surface area contributed by atoms with Crippen LogP contribution in [0.15, 0.2) is 40.8 Å². The third kappa shape index (κ3) is 2.80. The van der Waals surface area contributed by atoms with Crippen LogP contribution in [-0.2, 0) is 4.79 Å². The number of hydrogen-bond acceptors (Lipinski definition) is 4. The highest BCUT2D eigenvalue weighted by molar-refractivity contribution is 6.06. The molecule has 1 N–H and O–H groups in total. The monoisotopic (exact) mass is 338 g/mol. The summed E-state index contributed by atoms with van der Waals surface area (Å²) in [5, 5.41) is 5.37. The number of carbonyl (C=O) groups is 1. The SMILES string of the molecule is COc1cc2c(cc1N[C@H](C)C(=O)N1CCCC1)oc1ccccc12. The molecule has 0 spiro atoms. The Kier molecular flexibility index (Phi) is 3.99. The number of para-hydroxylation sites is 1. The van der Waals surface area contributed by atoms with Gasteiger partial charge in [-0.3, -0.25) is 4.79 Å². The average molecular weight is 338 g/mol. The Labute approximate surface area is 146 Å². The molecule has 5 heteroatoms. The molecule has 2 aromatic carbocycles. The zero-order valence-corrected chi connectivity index (χ0v) is 14.5. The van der Waals surface area contributed by atoms with E-state index >= 15 is 0 Å². The van der Waals surface area contributed by atoms with Gasteiger partial charge in [0.1, 0.15) is 23.0 Å². The van der Waals surface area contributed by atoms with Crippen LogP contribution in [0.25, 0.3) is 21.9 Å². The highest BCUT2D eigenvalue weighted by Crippen LogP contribution is 2.36. The zero-order valence-electron chi connectivity index (χ0n) is 14.5. The number of fused-ring (bicyclic) bond motifs is 3. The Bertz CT molecular complexity index is 925. The lowest BCUT2D eigenvalue weighted by molar-refractivity contribution is -0.130. The molecule has 5 nitrogen and oxygen atoms in total. The molecule has 1 amide bonds. The molecular weight excluding hydrogens is 316 g/mol. The van der Waals surface area contributed by atoms with Crippen molar-refractivity contribution in [3.8, 4) is 5.75 Å². The number of benzene rings is 2. The lowest BCUT2D eigenvalue weighted by atomic mass is 10.1. The van der Waals surface area contributed by atoms with Crippen molar-refractivity contribution in [3.05, 3.63) is 36.4 Å². The summed E-state index contributed by atoms with van der Waals surface area (Å²) in [4.78, 5) is 14.5. The van der Waals surface area contributed by atoms with Gasteiger partial charge in [-0.2, -0.15) is 0 Å². The van der Waals surface area contributed by atoms with Gasteiger partial charge in [0.15, 0.2) is 0 Å². The fraction of sp³-hybridized carbons (Fsp3) is 0.350. The van der Waals surface area contributed by atoms with Crippen molar-refractivity contribution in [1.82, 2.24) is 4.90 Å². The summed E-state index contributed by atoms with van der Waals surface area (Å²) in [6.45, 7) is 3.60. The fourth-order valence-corrected chi connectivity index (χ4v) is 3.54. The van der Waals surface area contributed by atoms with Crippen molar-refractivity contribution >= 4 is 33.5 Å². The molecule has 0 aliphatic carbocycles. The van der Waals surface area contributed by atoms with Gasteiger partial charge in [-0.05, 0) is 31.9 Å². The van der Waals surface area contributed by atoms with E-state index in [9.17, 15) is 4.79 Å². The van der Waals surface area contributed by atoms with Crippen LogP contribution in [0, 0.1) is 0 Å². The lowest BCUT2D eigenvalue weighted by Crippen LogP contribution is -2.39. The Hall–Kier alpha value is -2.69. The van der Waals surface area contributed by atoms with E-state index in [1.54, 1.807) is 7.11 Å². The zero-order chi connectivity index (χ0) is 17.4. The van der Waals surface area contributed by atoms with Crippen molar-refractivity contribution in [2.45, 2.75) is 25.8 Å². The lowest BCUT2D eigenvalue weighted by Gasteiger charge is -2.22. The quantitative estimate of drug-likeness (QED) is 0.781. The van der Waals surface area contributed by atoms with Gasteiger partial charge in [0, 0.05) is 29.9 Å². The highest BCUT2D eigenvalue weighted by Gasteiger charge is 2.24. The van der Waals surface area contributed by atoms with E-state index < -0.39 is 0 Å². The minimum Gasteiger partial charge on any atom is -0.495 e. The van der Waals surface area contributed by atoms with Gasteiger partial charge in [-0.1, -0.05) is 18.2 Å². The maximum absolute atomic E-state index is 12.6. The largest absolute Gasteiger partial charge is 0.495 e. The Balaban J connectivity index is 1.68. The van der Waals surface area contributed by atoms with Crippen LogP contribution < -0.4 is 10.1 Å². The van der Waals surface area contributed by atoms with Gasteiger partial charge in [-0.25, -0.2) is 0 Å². The first-order valence-electron chi connectivity index (χ1n) is 8.72. The predicted molar refractivity (Wildman–Crippen MR) is 99.2 cm³/mol. The molecular formula is C20H22N2O3. The highest BCUT2D eigenvalue weighted by atomic mass is 16.5. The molecule has 1 fully saturated rings. The second-order valence-electron chi connectivity index (χ2n) is 6.55. The van der Waals surface area contributed by atoms with Gasteiger partial charge in [-0.15, -0.1) is 0 Å². The minimum atomic E-state index is -0.311. The molecule has 3 aromatic rings. The first-order valence-corrected chi connectivity index (χ1v) is 8.72. The van der Waals surface area contributed by atoms with E-state index in [-0.39, 0.29) is 11.9 Å². The van der Waals surface area contributed by atoms with Crippen molar-refractivity contribution < 1.29 is 13.9 Å². The first kappa shape index (κ1) is 15.8. The van der Waals surface area contributed by atoms with Crippen LogP contribution in [0.1, 0.15) is 19.8 Å². The molecule has 25 heavy (non-hydrogen) atoms. The van der Waals surface area contributed by atoms with Gasteiger partial charge >= 0.3 is 0 Å². The number of nitrogens with one attached hydrogen (secondary N) is 1. The average Bonchev–Trinajstić information content (AvgIpc) is 3.27. The molecule has 1 saturated heterocycles. The molecule has 1 aliphatic rings. The number of amides is 1. The molecule has 0 radical (unpaired) electrons. The smallest absolute Gasteiger partial charge is 0.244 e. The molecule has 1 atom stereocenters. The summed E-state index contributed by atoms with van der Waals surface area (Å²) in [7, 11) is 1.64. The molecule has 4 rings (SSSR count). The summed E-state index contributed by atoms with van der Waals surface area (Å²) in [6.07, 6.45) is 2.18. The van der Waals surface area contributed by atoms with E-state index in [0.29, 0.717) is 5.75 Å². The van der Waals surface area contributed by atoms with Crippen molar-refractivity contribution in [1.29, 1.82) is 0 Å². The Morgan fingerprint density at radius 1 is 1.16 bits per heavy atom. The topological polar surface area (TPSA) is 54.7 Å². The number of hydrogen-bond donors (Lipinski definition) is 1. The Morgan fingerprint density at radius 3 is 2.68 bits per heavy atom. The maximum Gasteiger partial charge on any atom is 0.244 e. The third-order valence-corrected chi connectivity index (χ3v) is 4.86. The normalized spacial score (nSPS) is 15.7. The molecule has 2 heterocycles. The van der Waals surface area contributed by atoms with Gasteiger partial charge < -0.3 is 19.4 Å². The second-order valence-corrected chi connectivity index (χ2v) is 6.55. The van der Waals surface area contributed by atoms with Crippen LogP contribution in [0.3, 0.4) is 0 Å². The van der Waals surface area contributed by atoms with Crippen LogP contribution in [0.5, 0.6) is 5.75 Å². The number of nitrogens with zero attached hydrogens (tertiary/aromatic N) is 1. The first-order chi connectivity index (χ1) is 12.2. The molecule has 0 unspecified atom stereocenters. The fourth-order valence-electron chi connectivity index (χ4n) is 3.54. The van der Waals surface area contributed by atoms with Crippen LogP contribution in [0.2, 0.25) is 0 Å².